The zero-order valence-electron chi connectivity index (χ0n) is 4.56. The van der Waals surface area contributed by atoms with Gasteiger partial charge in [0.25, 0.3) is 0 Å². The lowest BCUT2D eigenvalue weighted by Crippen LogP contribution is -2.01. The molecule has 0 radical (unpaired) electrons. The smallest absolute Gasteiger partial charge is 0.147 e. The highest BCUT2D eigenvalue weighted by atomic mass is 127. The maximum absolute atomic E-state index is 8.52. The Bertz CT molecular complexity index is 52.2. The first-order valence-corrected chi connectivity index (χ1v) is 6.82. The van der Waals surface area contributed by atoms with E-state index in [-0.39, 0.29) is 5.44 Å². The van der Waals surface area contributed by atoms with Crippen LogP contribution in [0.15, 0.2) is 0 Å². The first kappa shape index (κ1) is 8.18. The summed E-state index contributed by atoms with van der Waals surface area (Å²) in [5, 5.41) is 8.52. The van der Waals surface area contributed by atoms with Crippen molar-refractivity contribution in [3.05, 3.63) is 0 Å². The molecular weight excluding hydrogens is 221 g/mol. The molecule has 2 unspecified atom stereocenters. The maximum Gasteiger partial charge on any atom is 0.147 e. The van der Waals surface area contributed by atoms with Gasteiger partial charge < -0.3 is 5.11 Å². The van der Waals surface area contributed by atoms with Crippen LogP contribution in [0.3, 0.4) is 0 Å². The van der Waals surface area contributed by atoms with Crippen molar-refractivity contribution in [1.29, 1.82) is 0 Å². The average molecular weight is 230 g/mol. The van der Waals surface area contributed by atoms with Gasteiger partial charge in [0, 0.05) is 12.3 Å². The largest absolute Gasteiger partial charge is 0.396 e. The van der Waals surface area contributed by atoms with Gasteiger partial charge in [0.15, 0.2) is 0 Å². The van der Waals surface area contributed by atoms with E-state index in [2.05, 4.69) is 36.5 Å². The third kappa shape index (κ3) is 3.74. The van der Waals surface area contributed by atoms with E-state index in [1.165, 1.54) is 0 Å². The van der Waals surface area contributed by atoms with Gasteiger partial charge in [-0.05, 0) is 0 Å². The predicted octanol–water partition coefficient (Wildman–Crippen LogP) is 0.747. The van der Waals surface area contributed by atoms with Gasteiger partial charge in [-0.1, -0.05) is 34.4 Å². The third-order valence-corrected chi connectivity index (χ3v) is 5.10. The summed E-state index contributed by atoms with van der Waals surface area (Å²) in [4.78, 5) is 0. The Morgan fingerprint density at radius 2 is 2.43 bits per heavy atom. The van der Waals surface area contributed by atoms with E-state index in [0.717, 1.165) is 0 Å². The normalized spacial score (nSPS) is 18.7. The molecule has 2 atom stereocenters. The van der Waals surface area contributed by atoms with Crippen molar-refractivity contribution >= 4 is 35.0 Å². The summed E-state index contributed by atoms with van der Waals surface area (Å²) in [7, 11) is 2.16. The van der Waals surface area contributed by atoms with Crippen molar-refractivity contribution in [1.82, 2.24) is 0 Å². The number of aliphatic hydroxyl groups is 1. The Morgan fingerprint density at radius 3 is 2.43 bits per heavy atom. The zero-order chi connectivity index (χ0) is 5.86. The molecule has 4 heteroatoms. The number of rotatable bonds is 2. The number of hydrogen-bond acceptors (Lipinski definition) is 1. The summed E-state index contributed by atoms with van der Waals surface area (Å²) in [6.07, 6.45) is 0. The van der Waals surface area contributed by atoms with Gasteiger partial charge in [0.1, 0.15) is 7.57 Å². The molecule has 0 aliphatic rings. The highest BCUT2D eigenvalue weighted by Gasteiger charge is 2.03. The van der Waals surface area contributed by atoms with Crippen LogP contribution >= 0.6 is 27.5 Å². The molecule has 0 saturated heterocycles. The first-order valence-electron chi connectivity index (χ1n) is 2.18. The van der Waals surface area contributed by atoms with Gasteiger partial charge in [-0.25, -0.2) is 0 Å². The highest BCUT2D eigenvalue weighted by molar-refractivity contribution is 14.2. The fraction of sp³-hybridized carbons (Fsp3) is 1.00. The van der Waals surface area contributed by atoms with Gasteiger partial charge in [0.2, 0.25) is 0 Å². The van der Waals surface area contributed by atoms with Gasteiger partial charge in [-0.3, -0.25) is 0 Å². The second kappa shape index (κ2) is 4.10. The zero-order valence-corrected chi connectivity index (χ0v) is 7.61. The Kier molecular flexibility index (Phi) is 4.80. The lowest BCUT2D eigenvalue weighted by molar-refractivity contribution is 0.299. The third-order valence-electron chi connectivity index (χ3n) is 0.872. The molecule has 0 heterocycles. The molecule has 0 spiro atoms. The molecule has 0 amide bonds. The quantitative estimate of drug-likeness (QED) is 0.421. The van der Waals surface area contributed by atoms with Crippen molar-refractivity contribution in [2.45, 2.75) is 12.6 Å². The molecule has 0 fully saturated rings. The van der Waals surface area contributed by atoms with Crippen LogP contribution in [0.2, 0.25) is 0 Å². The highest BCUT2D eigenvalue weighted by Crippen LogP contribution is 2.43. The molecule has 0 aliphatic heterocycles. The van der Waals surface area contributed by atoms with Crippen LogP contribution in [0.25, 0.3) is 0 Å². The topological polar surface area (TPSA) is 20.2 Å². The van der Waals surface area contributed by atoms with E-state index in [0.29, 0.717) is 12.3 Å². The van der Waals surface area contributed by atoms with E-state index >= 15 is 0 Å². The fourth-order valence-corrected chi connectivity index (χ4v) is 0.866. The maximum atomic E-state index is 8.52. The summed E-state index contributed by atoms with van der Waals surface area (Å²) >= 11 is 2.37. The van der Waals surface area contributed by atoms with Crippen molar-refractivity contribution in [2.24, 2.45) is 0 Å². The second-order valence-electron chi connectivity index (χ2n) is 1.56. The molecule has 1 nitrogen and oxygen atoms in total. The van der Waals surface area contributed by atoms with Crippen LogP contribution in [0.1, 0.15) is 6.92 Å². The molecule has 0 rings (SSSR count). The molecule has 0 aromatic rings. The van der Waals surface area contributed by atoms with Crippen LogP contribution in [-0.4, -0.2) is 24.9 Å². The van der Waals surface area contributed by atoms with E-state index in [9.17, 15) is 0 Å². The minimum absolute atomic E-state index is 0.0582. The SMILES string of the molecule is BP(I)C(C)CO. The summed E-state index contributed by atoms with van der Waals surface area (Å²) < 4.78 is 0. The van der Waals surface area contributed by atoms with Gasteiger partial charge in [-0.15, -0.1) is 0 Å². The van der Waals surface area contributed by atoms with Crippen LogP contribution in [0.5, 0.6) is 0 Å². The first-order chi connectivity index (χ1) is 3.18. The minimum atomic E-state index is 0.0582. The van der Waals surface area contributed by atoms with Crippen molar-refractivity contribution in [2.75, 3.05) is 6.61 Å². The number of hydrogen-bond donors (Lipinski definition) is 1. The molecular formula is C3H9BIOP. The summed E-state index contributed by atoms with van der Waals surface area (Å²) in [6, 6.07) is 0. The summed E-state index contributed by atoms with van der Waals surface area (Å²) in [6.45, 7) is 2.41. The van der Waals surface area contributed by atoms with Crippen molar-refractivity contribution in [3.63, 3.8) is 0 Å². The summed E-state index contributed by atoms with van der Waals surface area (Å²) in [5.74, 6) is 0. The fourth-order valence-electron chi connectivity index (χ4n) is 0.113. The Hall–Kier alpha value is 1.18. The van der Waals surface area contributed by atoms with Crippen LogP contribution in [-0.2, 0) is 0 Å². The molecule has 0 aromatic heterocycles. The molecule has 0 aromatic carbocycles. The number of halogens is 1. The standard InChI is InChI=1S/C3H9BIOP/c1-3(2-6)7(4)5/h3,6H,2,4H2,1H3. The van der Waals surface area contributed by atoms with Crippen molar-refractivity contribution < 1.29 is 5.11 Å². The lowest BCUT2D eigenvalue weighted by atomic mass is 10.5. The monoisotopic (exact) mass is 230 g/mol. The van der Waals surface area contributed by atoms with E-state index < -0.39 is 0 Å². The Labute approximate surface area is 59.5 Å². The second-order valence-corrected chi connectivity index (χ2v) is 8.05. The van der Waals surface area contributed by atoms with E-state index in [4.69, 9.17) is 5.11 Å². The molecule has 0 aliphatic carbocycles. The van der Waals surface area contributed by atoms with Gasteiger partial charge in [-0.2, -0.15) is 0 Å². The summed E-state index contributed by atoms with van der Waals surface area (Å²) in [5.41, 5.74) is 0.568. The number of aliphatic hydroxyl groups excluding tert-OH is 1. The molecule has 42 valence electrons. The van der Waals surface area contributed by atoms with Crippen LogP contribution < -0.4 is 0 Å². The average Bonchev–Trinajstić information content (AvgIpc) is 1.65. The van der Waals surface area contributed by atoms with Crippen LogP contribution in [0.4, 0.5) is 0 Å². The Morgan fingerprint density at radius 1 is 2.00 bits per heavy atom. The van der Waals surface area contributed by atoms with Crippen molar-refractivity contribution in [3.8, 4) is 0 Å². The molecule has 0 saturated carbocycles. The predicted molar refractivity (Wildman–Crippen MR) is 46.0 cm³/mol. The van der Waals surface area contributed by atoms with Gasteiger partial charge in [0.05, 0.1) is 0 Å². The van der Waals surface area contributed by atoms with Crippen LogP contribution in [0, 0.1) is 0 Å². The van der Waals surface area contributed by atoms with E-state index in [1.54, 1.807) is 0 Å². The van der Waals surface area contributed by atoms with Gasteiger partial charge >= 0.3 is 0 Å². The Balaban J connectivity index is 3.14. The lowest BCUT2D eigenvalue weighted by Gasteiger charge is -2.08. The van der Waals surface area contributed by atoms with E-state index in [1.807, 2.05) is 0 Å². The molecule has 7 heavy (non-hydrogen) atoms. The minimum Gasteiger partial charge on any atom is -0.396 e. The molecule has 1 N–H and O–H groups in total. The molecule has 0 bridgehead atoms.